The van der Waals surface area contributed by atoms with Crippen LogP contribution in [0.15, 0.2) is 71.7 Å². The van der Waals surface area contributed by atoms with Crippen LogP contribution in [0.3, 0.4) is 0 Å². The van der Waals surface area contributed by atoms with Crippen LogP contribution < -0.4 is 18.9 Å². The summed E-state index contributed by atoms with van der Waals surface area (Å²) >= 11 is 0. The second-order valence-corrected chi connectivity index (χ2v) is 7.92. The minimum Gasteiger partial charge on any atom is -0.494 e. The molecule has 1 heterocycles. The molecule has 0 saturated heterocycles. The van der Waals surface area contributed by atoms with Crippen LogP contribution in [0.25, 0.3) is 11.3 Å². The number of nitrogens with zero attached hydrogens (tertiary/aromatic N) is 1. The molecule has 7 nitrogen and oxygen atoms in total. The Bertz CT molecular complexity index is 1340. The van der Waals surface area contributed by atoms with Crippen molar-refractivity contribution in [2.75, 3.05) is 27.4 Å². The Morgan fingerprint density at radius 1 is 0.639 bits per heavy atom. The van der Waals surface area contributed by atoms with Gasteiger partial charge in [-0.25, -0.2) is 4.99 Å². The van der Waals surface area contributed by atoms with Gasteiger partial charge >= 0.3 is 0 Å². The Morgan fingerprint density at radius 3 is 1.69 bits per heavy atom. The first kappa shape index (κ1) is 24.7. The molecule has 0 radical (unpaired) electrons. The van der Waals surface area contributed by atoms with E-state index in [4.69, 9.17) is 34.8 Å². The summed E-state index contributed by atoms with van der Waals surface area (Å²) < 4.78 is 22.1. The molecule has 1 aliphatic rings. The lowest BCUT2D eigenvalue weighted by molar-refractivity contribution is 0.340. The summed E-state index contributed by atoms with van der Waals surface area (Å²) in [6, 6.07) is 20.4. The van der Waals surface area contributed by atoms with Gasteiger partial charge in [-0.05, 0) is 74.0 Å². The maximum Gasteiger partial charge on any atom is 0.161 e. The third-order valence-corrected chi connectivity index (χ3v) is 5.75. The van der Waals surface area contributed by atoms with Gasteiger partial charge in [-0.1, -0.05) is 12.1 Å². The van der Waals surface area contributed by atoms with E-state index in [9.17, 15) is 0 Å². The van der Waals surface area contributed by atoms with Gasteiger partial charge in [0.1, 0.15) is 17.2 Å². The highest BCUT2D eigenvalue weighted by molar-refractivity contribution is 6.79. The van der Waals surface area contributed by atoms with Gasteiger partial charge in [0.15, 0.2) is 11.5 Å². The highest BCUT2D eigenvalue weighted by Gasteiger charge is 2.29. The first-order valence-corrected chi connectivity index (χ1v) is 11.7. The predicted octanol–water partition coefficient (Wildman–Crippen LogP) is 5.91. The van der Waals surface area contributed by atoms with Crippen LogP contribution >= 0.6 is 0 Å². The number of rotatable bonds is 9. The molecule has 0 amide bonds. The first-order chi connectivity index (χ1) is 17.5. The Hall–Kier alpha value is -4.39. The molecular weight excluding hydrogens is 454 g/mol. The average Bonchev–Trinajstić information content (AvgIpc) is 2.91. The van der Waals surface area contributed by atoms with Gasteiger partial charge in [-0.15, -0.1) is 0 Å². The molecule has 0 spiro atoms. The van der Waals surface area contributed by atoms with Crippen molar-refractivity contribution >= 4 is 28.4 Å². The average molecular weight is 484 g/mol. The van der Waals surface area contributed by atoms with E-state index in [1.54, 1.807) is 14.2 Å². The minimum atomic E-state index is 0.0484. The van der Waals surface area contributed by atoms with Crippen molar-refractivity contribution in [2.45, 2.75) is 13.8 Å². The van der Waals surface area contributed by atoms with Gasteiger partial charge in [-0.3, -0.25) is 10.8 Å². The van der Waals surface area contributed by atoms with Gasteiger partial charge in [0.2, 0.25) is 0 Å². The molecule has 0 fully saturated rings. The number of hydrogen-bond donors (Lipinski definition) is 2. The van der Waals surface area contributed by atoms with Gasteiger partial charge in [0, 0.05) is 16.7 Å². The SMILES string of the molecule is CCOc1ccc(C2=NC(c3ccc(OC)c(OC)c3)=C(c3ccc(OCC)cc3)C(=N)C2=N)cc1. The van der Waals surface area contributed by atoms with E-state index in [-0.39, 0.29) is 11.4 Å². The molecule has 2 N–H and O–H groups in total. The molecule has 7 heteroatoms. The summed E-state index contributed by atoms with van der Waals surface area (Å²) in [7, 11) is 3.17. The second kappa shape index (κ2) is 10.9. The molecule has 0 atom stereocenters. The van der Waals surface area contributed by atoms with Crippen LogP contribution in [-0.4, -0.2) is 44.6 Å². The zero-order valence-electron chi connectivity index (χ0n) is 20.8. The van der Waals surface area contributed by atoms with Crippen LogP contribution in [-0.2, 0) is 0 Å². The number of hydrogen-bond acceptors (Lipinski definition) is 7. The highest BCUT2D eigenvalue weighted by Crippen LogP contribution is 2.37. The van der Waals surface area contributed by atoms with Crippen molar-refractivity contribution in [1.29, 1.82) is 10.8 Å². The van der Waals surface area contributed by atoms with Crippen LogP contribution in [0.1, 0.15) is 30.5 Å². The highest BCUT2D eigenvalue weighted by atomic mass is 16.5. The van der Waals surface area contributed by atoms with Crippen molar-refractivity contribution in [1.82, 2.24) is 0 Å². The van der Waals surface area contributed by atoms with Crippen molar-refractivity contribution in [3.8, 4) is 23.0 Å². The first-order valence-electron chi connectivity index (χ1n) is 11.7. The molecule has 0 aliphatic carbocycles. The monoisotopic (exact) mass is 483 g/mol. The van der Waals surface area contributed by atoms with E-state index in [1.165, 1.54) is 0 Å². The molecule has 4 rings (SSSR count). The van der Waals surface area contributed by atoms with Crippen LogP contribution in [0.4, 0.5) is 0 Å². The molecule has 36 heavy (non-hydrogen) atoms. The normalized spacial score (nSPS) is 13.4. The molecule has 3 aromatic rings. The van der Waals surface area contributed by atoms with E-state index in [2.05, 4.69) is 0 Å². The summed E-state index contributed by atoms with van der Waals surface area (Å²) in [6.07, 6.45) is 0. The molecule has 0 saturated carbocycles. The van der Waals surface area contributed by atoms with E-state index in [0.29, 0.717) is 41.7 Å². The maximum atomic E-state index is 8.99. The number of allylic oxidation sites excluding steroid dienone is 1. The second-order valence-electron chi connectivity index (χ2n) is 7.92. The summed E-state index contributed by atoms with van der Waals surface area (Å²) in [5.74, 6) is 2.63. The number of nitrogens with one attached hydrogen (secondary N) is 2. The van der Waals surface area contributed by atoms with Gasteiger partial charge in [-0.2, -0.15) is 0 Å². The summed E-state index contributed by atoms with van der Waals surface area (Å²) in [5, 5.41) is 17.8. The molecule has 184 valence electrons. The molecule has 3 aromatic carbocycles. The topological polar surface area (TPSA) is 97.0 Å². The Morgan fingerprint density at radius 2 is 1.17 bits per heavy atom. The Kier molecular flexibility index (Phi) is 7.49. The zero-order valence-corrected chi connectivity index (χ0v) is 20.8. The van der Waals surface area contributed by atoms with Crippen molar-refractivity contribution in [3.05, 3.63) is 83.4 Å². The lowest BCUT2D eigenvalue weighted by Crippen LogP contribution is -2.28. The van der Waals surface area contributed by atoms with Crippen molar-refractivity contribution < 1.29 is 18.9 Å². The number of methoxy groups -OCH3 is 2. The standard InChI is InChI=1S/C29H29N3O4/c1-5-35-21-12-7-18(8-13-21)25-26(30)27(31)29(19-9-14-22(15-10-19)36-6-2)32-28(25)20-11-16-23(33-3)24(17-20)34-4/h7-17,30-31H,5-6H2,1-4H3. The van der Waals surface area contributed by atoms with E-state index >= 15 is 0 Å². The van der Waals surface area contributed by atoms with E-state index in [0.717, 1.165) is 28.2 Å². The molecule has 1 aliphatic heterocycles. The third kappa shape index (κ3) is 4.86. The van der Waals surface area contributed by atoms with Crippen molar-refractivity contribution in [2.24, 2.45) is 4.99 Å². The fourth-order valence-electron chi connectivity index (χ4n) is 4.03. The lowest BCUT2D eigenvalue weighted by atomic mass is 9.87. The fourth-order valence-corrected chi connectivity index (χ4v) is 4.03. The molecular formula is C29H29N3O4. The van der Waals surface area contributed by atoms with E-state index in [1.807, 2.05) is 80.6 Å². The number of aliphatic imine (C=N–C) groups is 1. The van der Waals surface area contributed by atoms with E-state index < -0.39 is 0 Å². The Labute approximate surface area is 211 Å². The summed E-state index contributed by atoms with van der Waals surface area (Å²) in [6.45, 7) is 4.99. The molecule has 0 unspecified atom stereocenters. The number of ether oxygens (including phenoxy) is 4. The number of benzene rings is 3. The van der Waals surface area contributed by atoms with Gasteiger partial charge < -0.3 is 18.9 Å². The zero-order chi connectivity index (χ0) is 25.7. The Balaban J connectivity index is 1.91. The van der Waals surface area contributed by atoms with Gasteiger partial charge in [0.05, 0.1) is 44.6 Å². The minimum absolute atomic E-state index is 0.0484. The fraction of sp³-hybridized carbons (Fsp3) is 0.207. The summed E-state index contributed by atoms with van der Waals surface area (Å²) in [4.78, 5) is 4.94. The maximum absolute atomic E-state index is 8.99. The molecule has 0 bridgehead atoms. The van der Waals surface area contributed by atoms with Crippen LogP contribution in [0, 0.1) is 10.8 Å². The van der Waals surface area contributed by atoms with Crippen LogP contribution in [0.5, 0.6) is 23.0 Å². The predicted molar refractivity (Wildman–Crippen MR) is 144 cm³/mol. The lowest BCUT2D eigenvalue weighted by Gasteiger charge is -2.23. The molecule has 0 aromatic heterocycles. The smallest absolute Gasteiger partial charge is 0.161 e. The third-order valence-electron chi connectivity index (χ3n) is 5.75. The van der Waals surface area contributed by atoms with Gasteiger partial charge in [0.25, 0.3) is 0 Å². The van der Waals surface area contributed by atoms with Crippen molar-refractivity contribution in [3.63, 3.8) is 0 Å². The largest absolute Gasteiger partial charge is 0.494 e. The summed E-state index contributed by atoms with van der Waals surface area (Å²) in [5.41, 5.74) is 3.94. The van der Waals surface area contributed by atoms with Crippen LogP contribution in [0.2, 0.25) is 0 Å². The quantitative estimate of drug-likeness (QED) is 0.395.